The minimum atomic E-state index is 0.703. The van der Waals surface area contributed by atoms with E-state index in [1.165, 1.54) is 29.8 Å². The van der Waals surface area contributed by atoms with Crippen molar-refractivity contribution >= 4 is 0 Å². The summed E-state index contributed by atoms with van der Waals surface area (Å²) in [5, 5.41) is 4.67. The van der Waals surface area contributed by atoms with Gasteiger partial charge in [0.1, 0.15) is 0 Å². The minimum absolute atomic E-state index is 0.703. The standard InChI is InChI=1S/C12H17N3/c1-9(2)14-6-5-12-10(7-14)8-15(13-12)11-3-4-11/h8,11H,1,3-7H2,2H3. The number of aromatic nitrogens is 2. The van der Waals surface area contributed by atoms with E-state index < -0.39 is 0 Å². The van der Waals surface area contributed by atoms with Crippen LogP contribution in [0.25, 0.3) is 0 Å². The third kappa shape index (κ3) is 1.56. The van der Waals surface area contributed by atoms with Crippen LogP contribution in [0.15, 0.2) is 18.5 Å². The smallest absolute Gasteiger partial charge is 0.0692 e. The number of hydrogen-bond donors (Lipinski definition) is 0. The monoisotopic (exact) mass is 203 g/mol. The molecule has 0 saturated heterocycles. The van der Waals surface area contributed by atoms with Gasteiger partial charge in [0.2, 0.25) is 0 Å². The van der Waals surface area contributed by atoms with Crippen molar-refractivity contribution in [2.75, 3.05) is 6.54 Å². The van der Waals surface area contributed by atoms with Gasteiger partial charge in [-0.15, -0.1) is 0 Å². The van der Waals surface area contributed by atoms with Crippen molar-refractivity contribution in [1.82, 2.24) is 14.7 Å². The summed E-state index contributed by atoms with van der Waals surface area (Å²) in [6.07, 6.45) is 5.93. The first-order valence-corrected chi connectivity index (χ1v) is 5.71. The average Bonchev–Trinajstić information content (AvgIpc) is 2.97. The molecule has 3 heteroatoms. The maximum Gasteiger partial charge on any atom is 0.0692 e. The van der Waals surface area contributed by atoms with E-state index in [0.717, 1.165) is 19.5 Å². The van der Waals surface area contributed by atoms with E-state index in [0.29, 0.717) is 6.04 Å². The SMILES string of the molecule is C=C(C)N1CCc2nn(C3CC3)cc2C1. The van der Waals surface area contributed by atoms with Crippen LogP contribution in [0.1, 0.15) is 37.1 Å². The molecule has 1 aliphatic heterocycles. The molecule has 3 nitrogen and oxygen atoms in total. The first-order chi connectivity index (χ1) is 7.24. The molecule has 2 aliphatic rings. The number of nitrogens with zero attached hydrogens (tertiary/aromatic N) is 3. The molecule has 15 heavy (non-hydrogen) atoms. The largest absolute Gasteiger partial charge is 0.371 e. The van der Waals surface area contributed by atoms with Crippen LogP contribution in [0, 0.1) is 0 Å². The number of fused-ring (bicyclic) bond motifs is 1. The van der Waals surface area contributed by atoms with Crippen molar-refractivity contribution in [3.63, 3.8) is 0 Å². The van der Waals surface area contributed by atoms with Crippen LogP contribution >= 0.6 is 0 Å². The number of rotatable bonds is 2. The van der Waals surface area contributed by atoms with Crippen molar-refractivity contribution in [1.29, 1.82) is 0 Å². The molecule has 0 radical (unpaired) electrons. The Balaban J connectivity index is 1.85. The predicted molar refractivity (Wildman–Crippen MR) is 59.4 cm³/mol. The summed E-state index contributed by atoms with van der Waals surface area (Å²) >= 11 is 0. The van der Waals surface area contributed by atoms with Crippen LogP contribution in [0.5, 0.6) is 0 Å². The van der Waals surface area contributed by atoms with E-state index in [9.17, 15) is 0 Å². The molecule has 1 fully saturated rings. The van der Waals surface area contributed by atoms with Gasteiger partial charge in [0.25, 0.3) is 0 Å². The molecule has 0 spiro atoms. The fourth-order valence-electron chi connectivity index (χ4n) is 2.19. The van der Waals surface area contributed by atoms with Gasteiger partial charge >= 0.3 is 0 Å². The molecule has 0 unspecified atom stereocenters. The van der Waals surface area contributed by atoms with Crippen LogP contribution in [0.2, 0.25) is 0 Å². The van der Waals surface area contributed by atoms with Crippen molar-refractivity contribution < 1.29 is 0 Å². The Hall–Kier alpha value is -1.25. The molecule has 2 heterocycles. The quantitative estimate of drug-likeness (QED) is 0.734. The molecule has 0 aromatic carbocycles. The van der Waals surface area contributed by atoms with Gasteiger partial charge in [0.15, 0.2) is 0 Å². The Morgan fingerprint density at radius 3 is 3.00 bits per heavy atom. The van der Waals surface area contributed by atoms with E-state index >= 15 is 0 Å². The van der Waals surface area contributed by atoms with Crippen LogP contribution in [0.4, 0.5) is 0 Å². The van der Waals surface area contributed by atoms with E-state index in [4.69, 9.17) is 0 Å². The van der Waals surface area contributed by atoms with Crippen LogP contribution in [0.3, 0.4) is 0 Å². The van der Waals surface area contributed by atoms with E-state index in [2.05, 4.69) is 34.4 Å². The van der Waals surface area contributed by atoms with Crippen molar-refractivity contribution in [3.8, 4) is 0 Å². The summed E-state index contributed by atoms with van der Waals surface area (Å²) in [6.45, 7) is 8.16. The topological polar surface area (TPSA) is 21.1 Å². The minimum Gasteiger partial charge on any atom is -0.371 e. The zero-order chi connectivity index (χ0) is 10.4. The first-order valence-electron chi connectivity index (χ1n) is 5.71. The molecule has 1 aromatic rings. The molecular weight excluding hydrogens is 186 g/mol. The maximum absolute atomic E-state index is 4.67. The predicted octanol–water partition coefficient (Wildman–Crippen LogP) is 2.11. The van der Waals surface area contributed by atoms with E-state index in [1.807, 2.05) is 0 Å². The van der Waals surface area contributed by atoms with Crippen LogP contribution in [-0.2, 0) is 13.0 Å². The highest BCUT2D eigenvalue weighted by Crippen LogP contribution is 2.35. The lowest BCUT2D eigenvalue weighted by Crippen LogP contribution is -2.28. The lowest BCUT2D eigenvalue weighted by Gasteiger charge is -2.28. The van der Waals surface area contributed by atoms with Gasteiger partial charge in [-0.25, -0.2) is 0 Å². The Morgan fingerprint density at radius 2 is 2.33 bits per heavy atom. The Bertz CT molecular complexity index is 401. The van der Waals surface area contributed by atoms with Gasteiger partial charge in [-0.3, -0.25) is 4.68 Å². The summed E-state index contributed by atoms with van der Waals surface area (Å²) in [4.78, 5) is 2.33. The third-order valence-electron chi connectivity index (χ3n) is 3.34. The second-order valence-corrected chi connectivity index (χ2v) is 4.72. The lowest BCUT2D eigenvalue weighted by molar-refractivity contribution is 0.323. The summed E-state index contributed by atoms with van der Waals surface area (Å²) in [5.74, 6) is 0. The van der Waals surface area contributed by atoms with Gasteiger partial charge in [0, 0.05) is 37.0 Å². The van der Waals surface area contributed by atoms with Crippen molar-refractivity contribution in [2.24, 2.45) is 0 Å². The van der Waals surface area contributed by atoms with Gasteiger partial charge < -0.3 is 4.90 Å². The van der Waals surface area contributed by atoms with Gasteiger partial charge in [-0.1, -0.05) is 6.58 Å². The molecule has 1 aromatic heterocycles. The van der Waals surface area contributed by atoms with E-state index in [1.54, 1.807) is 0 Å². The molecule has 0 bridgehead atoms. The van der Waals surface area contributed by atoms with Gasteiger partial charge in [-0.2, -0.15) is 5.10 Å². The van der Waals surface area contributed by atoms with Crippen LogP contribution in [-0.4, -0.2) is 21.2 Å². The summed E-state index contributed by atoms with van der Waals surface area (Å²) in [7, 11) is 0. The van der Waals surface area contributed by atoms with Gasteiger partial charge in [-0.05, 0) is 19.8 Å². The van der Waals surface area contributed by atoms with Crippen LogP contribution < -0.4 is 0 Å². The van der Waals surface area contributed by atoms with Crippen molar-refractivity contribution in [2.45, 2.75) is 38.8 Å². The molecule has 0 atom stereocenters. The molecule has 80 valence electrons. The normalized spacial score (nSPS) is 20.2. The zero-order valence-electron chi connectivity index (χ0n) is 9.24. The third-order valence-corrected chi connectivity index (χ3v) is 3.34. The highest BCUT2D eigenvalue weighted by molar-refractivity contribution is 5.22. The molecule has 0 N–H and O–H groups in total. The summed E-state index contributed by atoms with van der Waals surface area (Å²) < 4.78 is 2.17. The molecule has 1 saturated carbocycles. The zero-order valence-corrected chi connectivity index (χ0v) is 9.24. The fourth-order valence-corrected chi connectivity index (χ4v) is 2.19. The number of allylic oxidation sites excluding steroid dienone is 1. The molecular formula is C12H17N3. The second-order valence-electron chi connectivity index (χ2n) is 4.72. The molecule has 1 aliphatic carbocycles. The summed E-state index contributed by atoms with van der Waals surface area (Å²) in [5.41, 5.74) is 3.87. The fraction of sp³-hybridized carbons (Fsp3) is 0.583. The first kappa shape index (κ1) is 9.01. The van der Waals surface area contributed by atoms with E-state index in [-0.39, 0.29) is 0 Å². The highest BCUT2D eigenvalue weighted by atomic mass is 15.3. The summed E-state index contributed by atoms with van der Waals surface area (Å²) in [6, 6.07) is 0.703. The van der Waals surface area contributed by atoms with Gasteiger partial charge in [0.05, 0.1) is 11.7 Å². The highest BCUT2D eigenvalue weighted by Gasteiger charge is 2.27. The molecule has 0 amide bonds. The Morgan fingerprint density at radius 1 is 1.53 bits per heavy atom. The second kappa shape index (κ2) is 3.12. The average molecular weight is 203 g/mol. The number of hydrogen-bond acceptors (Lipinski definition) is 2. The van der Waals surface area contributed by atoms with Crippen molar-refractivity contribution in [3.05, 3.63) is 29.7 Å². The maximum atomic E-state index is 4.67. The lowest BCUT2D eigenvalue weighted by atomic mass is 10.1. The Labute approximate surface area is 90.4 Å². The molecule has 3 rings (SSSR count). The Kier molecular flexibility index (Phi) is 1.87.